The average molecular weight is 427 g/mol. The summed E-state index contributed by atoms with van der Waals surface area (Å²) < 4.78 is 6.59. The number of hydrogen-bond donors (Lipinski definition) is 2. The molecule has 5 nitrogen and oxygen atoms in total. The van der Waals surface area contributed by atoms with E-state index < -0.39 is 5.72 Å². The quantitative estimate of drug-likeness (QED) is 0.529. The lowest BCUT2D eigenvalue weighted by molar-refractivity contribution is -0.0426. The van der Waals surface area contributed by atoms with E-state index in [1.54, 1.807) is 36.7 Å². The number of aromatic hydroxyl groups is 2. The molecule has 0 radical (unpaired) electrons. The van der Waals surface area contributed by atoms with Crippen LogP contribution >= 0.6 is 0 Å². The molecular weight excluding hydrogens is 400 g/mol. The van der Waals surface area contributed by atoms with E-state index in [0.29, 0.717) is 11.1 Å². The molecule has 5 heteroatoms. The highest BCUT2D eigenvalue weighted by atomic mass is 16.5. The summed E-state index contributed by atoms with van der Waals surface area (Å²) >= 11 is 0. The van der Waals surface area contributed by atoms with Gasteiger partial charge in [-0.15, -0.1) is 0 Å². The zero-order valence-corrected chi connectivity index (χ0v) is 17.8. The molecule has 32 heavy (non-hydrogen) atoms. The highest BCUT2D eigenvalue weighted by Gasteiger charge is 2.51. The number of rotatable bonds is 4. The van der Waals surface area contributed by atoms with Gasteiger partial charge in [-0.1, -0.05) is 48.9 Å². The van der Waals surface area contributed by atoms with Crippen molar-refractivity contribution in [2.75, 3.05) is 0 Å². The van der Waals surface area contributed by atoms with Crippen LogP contribution in [0.2, 0.25) is 0 Å². The van der Waals surface area contributed by atoms with E-state index in [1.807, 2.05) is 42.5 Å². The van der Waals surface area contributed by atoms with Crippen molar-refractivity contribution in [2.45, 2.75) is 37.5 Å². The highest BCUT2D eigenvalue weighted by molar-refractivity contribution is 5.84. The van der Waals surface area contributed by atoms with Crippen LogP contribution in [0.4, 0.5) is 0 Å². The van der Waals surface area contributed by atoms with E-state index in [0.717, 1.165) is 37.0 Å². The van der Waals surface area contributed by atoms with E-state index >= 15 is 0 Å². The smallest absolute Gasteiger partial charge is 0.205 e. The molecule has 1 fully saturated rings. The van der Waals surface area contributed by atoms with Crippen molar-refractivity contribution >= 4 is 12.4 Å². The number of ether oxygens (including phenoxy) is 1. The Morgan fingerprint density at radius 2 is 1.47 bits per heavy atom. The Morgan fingerprint density at radius 3 is 2.22 bits per heavy atom. The molecule has 162 valence electrons. The lowest BCUT2D eigenvalue weighted by Crippen LogP contribution is -2.49. The summed E-state index contributed by atoms with van der Waals surface area (Å²) in [5.41, 5.74) is 1.66. The third-order valence-electron chi connectivity index (χ3n) is 6.45. The monoisotopic (exact) mass is 426 g/mol. The molecular formula is C27H26N2O3. The third-order valence-corrected chi connectivity index (χ3v) is 6.45. The maximum absolute atomic E-state index is 10.2. The molecule has 5 rings (SSSR count). The summed E-state index contributed by atoms with van der Waals surface area (Å²) in [5.74, 6) is 1.25. The normalized spacial score (nSPS) is 24.8. The zero-order chi connectivity index (χ0) is 22.0. The van der Waals surface area contributed by atoms with E-state index in [9.17, 15) is 10.2 Å². The first kappa shape index (κ1) is 20.3. The summed E-state index contributed by atoms with van der Waals surface area (Å²) in [6.45, 7) is 0. The molecule has 0 aromatic heterocycles. The molecule has 2 aliphatic rings. The van der Waals surface area contributed by atoms with Crippen molar-refractivity contribution in [3.05, 3.63) is 89.5 Å². The topological polar surface area (TPSA) is 74.4 Å². The van der Waals surface area contributed by atoms with Gasteiger partial charge in [-0.05, 0) is 43.2 Å². The first-order chi connectivity index (χ1) is 15.7. The van der Waals surface area contributed by atoms with E-state index in [-0.39, 0.29) is 23.5 Å². The van der Waals surface area contributed by atoms with Crippen molar-refractivity contribution in [1.82, 2.24) is 0 Å². The van der Waals surface area contributed by atoms with Gasteiger partial charge in [0.25, 0.3) is 0 Å². The van der Waals surface area contributed by atoms with Crippen molar-refractivity contribution in [2.24, 2.45) is 15.9 Å². The molecule has 3 aromatic rings. The van der Waals surface area contributed by atoms with Crippen LogP contribution in [-0.2, 0) is 0 Å². The van der Waals surface area contributed by atoms with Gasteiger partial charge in [0.2, 0.25) is 5.72 Å². The molecule has 1 aliphatic heterocycles. The molecule has 0 bridgehead atoms. The minimum atomic E-state index is -0.740. The summed E-state index contributed by atoms with van der Waals surface area (Å²) in [5, 5.41) is 20.4. The molecule has 0 unspecified atom stereocenters. The third kappa shape index (κ3) is 3.75. The Morgan fingerprint density at radius 1 is 0.812 bits per heavy atom. The minimum Gasteiger partial charge on any atom is -0.507 e. The standard InChI is InChI=1S/C27H26N2O3/c30-23-13-4-1-9-19(23)17-28-26-21-11-3-6-15-25(21)32-27(16-8-7-12-22(26)27)29-18-20-10-2-5-14-24(20)31/h1-6,9-11,13-15,17-18,22,26,30-31H,7-8,12,16H2/b28-17?,29-18+/t22-,26-,27-/m1/s1. The van der Waals surface area contributed by atoms with Crippen LogP contribution in [0.5, 0.6) is 17.2 Å². The summed E-state index contributed by atoms with van der Waals surface area (Å²) in [7, 11) is 0. The molecule has 2 N–H and O–H groups in total. The molecule has 0 saturated heterocycles. The van der Waals surface area contributed by atoms with E-state index in [1.165, 1.54) is 0 Å². The number of nitrogens with zero attached hydrogens (tertiary/aromatic N) is 2. The Hall–Kier alpha value is -3.60. The number of phenols is 2. The van der Waals surface area contributed by atoms with Gasteiger partial charge < -0.3 is 14.9 Å². The van der Waals surface area contributed by atoms with Crippen LogP contribution in [0, 0.1) is 5.92 Å². The summed E-state index contributed by atoms with van der Waals surface area (Å²) in [6.07, 6.45) is 7.33. The number of phenolic OH excluding ortho intramolecular Hbond substituents is 2. The van der Waals surface area contributed by atoms with Crippen LogP contribution in [0.15, 0.2) is 82.8 Å². The molecule has 0 amide bonds. The largest absolute Gasteiger partial charge is 0.507 e. The van der Waals surface area contributed by atoms with Gasteiger partial charge in [0, 0.05) is 41.5 Å². The maximum atomic E-state index is 10.2. The van der Waals surface area contributed by atoms with Crippen LogP contribution < -0.4 is 4.74 Å². The van der Waals surface area contributed by atoms with E-state index in [2.05, 4.69) is 6.07 Å². The van der Waals surface area contributed by atoms with Gasteiger partial charge in [0.05, 0.1) is 6.04 Å². The van der Waals surface area contributed by atoms with Gasteiger partial charge in [0.1, 0.15) is 17.2 Å². The van der Waals surface area contributed by atoms with Crippen molar-refractivity contribution in [1.29, 1.82) is 0 Å². The Kier molecular flexibility index (Phi) is 5.39. The van der Waals surface area contributed by atoms with Gasteiger partial charge in [0.15, 0.2) is 0 Å². The molecule has 3 aromatic carbocycles. The van der Waals surface area contributed by atoms with Crippen molar-refractivity contribution in [3.8, 4) is 17.2 Å². The maximum Gasteiger partial charge on any atom is 0.205 e. The number of para-hydroxylation sites is 3. The zero-order valence-electron chi connectivity index (χ0n) is 17.8. The Balaban J connectivity index is 1.57. The molecule has 3 atom stereocenters. The number of hydrogen-bond acceptors (Lipinski definition) is 5. The number of fused-ring (bicyclic) bond motifs is 2. The van der Waals surface area contributed by atoms with Crippen molar-refractivity contribution in [3.63, 3.8) is 0 Å². The highest BCUT2D eigenvalue weighted by Crippen LogP contribution is 2.52. The van der Waals surface area contributed by atoms with Gasteiger partial charge >= 0.3 is 0 Å². The average Bonchev–Trinajstić information content (AvgIpc) is 2.82. The van der Waals surface area contributed by atoms with Gasteiger partial charge in [-0.2, -0.15) is 0 Å². The Labute approximate surface area is 187 Å². The first-order valence-corrected chi connectivity index (χ1v) is 11.1. The van der Waals surface area contributed by atoms with Gasteiger partial charge in [-0.25, -0.2) is 4.99 Å². The predicted molar refractivity (Wildman–Crippen MR) is 126 cm³/mol. The van der Waals surface area contributed by atoms with Crippen LogP contribution in [0.3, 0.4) is 0 Å². The predicted octanol–water partition coefficient (Wildman–Crippen LogP) is 5.66. The first-order valence-electron chi connectivity index (χ1n) is 11.1. The fourth-order valence-corrected chi connectivity index (χ4v) is 4.81. The number of benzene rings is 3. The SMILES string of the molecule is Oc1ccccc1C=N[C@@H]1c2ccccc2O[C@]2(/N=C/c3ccccc3O)CCCC[C@H]12. The second kappa shape index (κ2) is 8.50. The Bertz CT molecular complexity index is 1170. The molecule has 1 aliphatic carbocycles. The fourth-order valence-electron chi connectivity index (χ4n) is 4.81. The molecule has 1 heterocycles. The summed E-state index contributed by atoms with van der Waals surface area (Å²) in [4.78, 5) is 9.93. The minimum absolute atomic E-state index is 0.0513. The van der Waals surface area contributed by atoms with E-state index in [4.69, 9.17) is 14.7 Å². The lowest BCUT2D eigenvalue weighted by atomic mass is 9.73. The fraction of sp³-hybridized carbons (Fsp3) is 0.259. The van der Waals surface area contributed by atoms with Crippen molar-refractivity contribution < 1.29 is 14.9 Å². The van der Waals surface area contributed by atoms with Crippen LogP contribution in [0.25, 0.3) is 0 Å². The second-order valence-electron chi connectivity index (χ2n) is 8.44. The number of aliphatic imine (C=N–C) groups is 2. The second-order valence-corrected chi connectivity index (χ2v) is 8.44. The molecule has 1 saturated carbocycles. The lowest BCUT2D eigenvalue weighted by Gasteiger charge is -2.47. The summed E-state index contributed by atoms with van der Waals surface area (Å²) in [6, 6.07) is 22.3. The molecule has 0 spiro atoms. The van der Waals surface area contributed by atoms with Crippen LogP contribution in [-0.4, -0.2) is 28.4 Å². The van der Waals surface area contributed by atoms with Gasteiger partial charge in [-0.3, -0.25) is 4.99 Å². The van der Waals surface area contributed by atoms with Crippen LogP contribution in [0.1, 0.15) is 48.4 Å².